The smallest absolute Gasteiger partial charge is 0.577 e. The molecular weight excluding hydrogens is 384 g/mol. The summed E-state index contributed by atoms with van der Waals surface area (Å²) in [7, 11) is 0. The standard InChI is InChI=1S/3C7H7FO.Al/c3*1-5-4-6(8)2-3-7(5)9;/h3*2-4,9H,1H3;/q;;;+3/p-3. The molecule has 0 heterocycles. The van der Waals surface area contributed by atoms with E-state index in [2.05, 4.69) is 0 Å². The fourth-order valence-electron chi connectivity index (χ4n) is 2.62. The molecule has 3 aromatic rings. The molecule has 28 heavy (non-hydrogen) atoms. The lowest BCUT2D eigenvalue weighted by Gasteiger charge is -2.19. The van der Waals surface area contributed by atoms with Crippen molar-refractivity contribution in [2.45, 2.75) is 20.8 Å². The Balaban J connectivity index is 1.90. The zero-order valence-electron chi connectivity index (χ0n) is 15.6. The highest BCUT2D eigenvalue weighted by atomic mass is 27.3. The van der Waals surface area contributed by atoms with Gasteiger partial charge in [-0.1, -0.05) is 0 Å². The fraction of sp³-hybridized carbons (Fsp3) is 0.143. The van der Waals surface area contributed by atoms with Crippen molar-refractivity contribution in [3.8, 4) is 17.2 Å². The topological polar surface area (TPSA) is 27.7 Å². The number of aryl methyl sites for hydroxylation is 3. The van der Waals surface area contributed by atoms with E-state index >= 15 is 0 Å². The predicted molar refractivity (Wildman–Crippen MR) is 101 cm³/mol. The van der Waals surface area contributed by atoms with E-state index in [4.69, 9.17) is 11.4 Å². The van der Waals surface area contributed by atoms with Gasteiger partial charge in [-0.3, -0.25) is 0 Å². The quantitative estimate of drug-likeness (QED) is 0.506. The van der Waals surface area contributed by atoms with Crippen LogP contribution in [0.2, 0.25) is 0 Å². The molecule has 0 bridgehead atoms. The molecule has 0 spiro atoms. The van der Waals surface area contributed by atoms with Crippen LogP contribution in [-0.4, -0.2) is 15.1 Å². The number of benzene rings is 3. The van der Waals surface area contributed by atoms with E-state index in [-0.39, 0.29) is 17.5 Å². The lowest BCUT2D eigenvalue weighted by molar-refractivity contribution is 0.304. The van der Waals surface area contributed by atoms with Gasteiger partial charge >= 0.3 is 15.1 Å². The summed E-state index contributed by atoms with van der Waals surface area (Å²) in [6.45, 7) is 5.11. The highest BCUT2D eigenvalue weighted by molar-refractivity contribution is 6.39. The minimum atomic E-state index is -2.91. The summed E-state index contributed by atoms with van der Waals surface area (Å²) in [6, 6.07) is 12.3. The summed E-state index contributed by atoms with van der Waals surface area (Å²) >= 11 is -2.91. The number of hydrogen-bond acceptors (Lipinski definition) is 3. The summed E-state index contributed by atoms with van der Waals surface area (Å²) in [6.07, 6.45) is 0. The molecule has 7 heteroatoms. The van der Waals surface area contributed by atoms with Crippen molar-refractivity contribution in [3.63, 3.8) is 0 Å². The van der Waals surface area contributed by atoms with E-state index in [0.717, 1.165) is 0 Å². The highest BCUT2D eigenvalue weighted by Crippen LogP contribution is 2.25. The van der Waals surface area contributed by atoms with Gasteiger partial charge in [-0.2, -0.15) is 0 Å². The summed E-state index contributed by atoms with van der Waals surface area (Å²) in [5.74, 6) is 0.101. The van der Waals surface area contributed by atoms with Gasteiger partial charge in [0, 0.05) is 0 Å². The number of halogens is 3. The second-order valence-electron chi connectivity index (χ2n) is 6.37. The van der Waals surface area contributed by atoms with Crippen LogP contribution in [-0.2, 0) is 0 Å². The van der Waals surface area contributed by atoms with Crippen LogP contribution in [0.3, 0.4) is 0 Å². The number of rotatable bonds is 6. The Labute approximate surface area is 166 Å². The summed E-state index contributed by atoms with van der Waals surface area (Å²) in [4.78, 5) is 0. The molecule has 0 saturated carbocycles. The van der Waals surface area contributed by atoms with Crippen LogP contribution >= 0.6 is 0 Å². The second kappa shape index (κ2) is 8.60. The first kappa shape index (κ1) is 20.1. The van der Waals surface area contributed by atoms with E-state index < -0.39 is 15.1 Å². The van der Waals surface area contributed by atoms with Crippen LogP contribution in [0.25, 0.3) is 0 Å². The maximum Gasteiger partial charge on any atom is 1.20 e. The molecular formula is C21H18AlF3O3. The van der Waals surface area contributed by atoms with Gasteiger partial charge in [0.15, 0.2) is 0 Å². The van der Waals surface area contributed by atoms with Crippen LogP contribution in [0.1, 0.15) is 16.7 Å². The predicted octanol–water partition coefficient (Wildman–Crippen LogP) is 5.55. The molecule has 3 nitrogen and oxygen atoms in total. The highest BCUT2D eigenvalue weighted by Gasteiger charge is 2.45. The Bertz CT molecular complexity index is 867. The van der Waals surface area contributed by atoms with Gasteiger partial charge in [0.05, 0.1) is 17.2 Å². The monoisotopic (exact) mass is 402 g/mol. The van der Waals surface area contributed by atoms with Crippen molar-refractivity contribution in [2.24, 2.45) is 0 Å². The van der Waals surface area contributed by atoms with Gasteiger partial charge in [-0.25, -0.2) is 13.2 Å². The zero-order chi connectivity index (χ0) is 20.3. The third-order valence-corrected chi connectivity index (χ3v) is 5.42. The molecule has 0 radical (unpaired) electrons. The third-order valence-electron chi connectivity index (χ3n) is 4.08. The van der Waals surface area contributed by atoms with Crippen LogP contribution in [0.4, 0.5) is 13.2 Å². The Morgan fingerprint density at radius 1 is 0.536 bits per heavy atom. The van der Waals surface area contributed by atoms with Crippen LogP contribution in [0.5, 0.6) is 17.2 Å². The van der Waals surface area contributed by atoms with Gasteiger partial charge in [0.2, 0.25) is 0 Å². The lowest BCUT2D eigenvalue weighted by Crippen LogP contribution is -2.37. The first-order valence-electron chi connectivity index (χ1n) is 8.60. The largest absolute Gasteiger partial charge is 1.20 e. The molecule has 0 saturated heterocycles. The maximum atomic E-state index is 13.4. The van der Waals surface area contributed by atoms with Crippen molar-refractivity contribution in [3.05, 3.63) is 88.7 Å². The molecule has 0 aromatic heterocycles. The minimum Gasteiger partial charge on any atom is -0.577 e. The third kappa shape index (κ3) is 5.00. The van der Waals surface area contributed by atoms with E-state index in [0.29, 0.717) is 33.9 Å². The van der Waals surface area contributed by atoms with Gasteiger partial charge in [-0.05, 0) is 92.1 Å². The Morgan fingerprint density at radius 2 is 0.821 bits per heavy atom. The van der Waals surface area contributed by atoms with Crippen molar-refractivity contribution in [1.29, 1.82) is 0 Å². The molecule has 144 valence electrons. The molecule has 3 rings (SSSR count). The fourth-order valence-corrected chi connectivity index (χ4v) is 4.18. The van der Waals surface area contributed by atoms with Crippen molar-refractivity contribution >= 4 is 15.1 Å². The molecule has 0 amide bonds. The molecule has 0 aliphatic rings. The minimum absolute atomic E-state index is 0.381. The Morgan fingerprint density at radius 3 is 1.07 bits per heavy atom. The average Bonchev–Trinajstić information content (AvgIpc) is 2.62. The molecule has 0 N–H and O–H groups in total. The molecule has 0 fully saturated rings. The Hall–Kier alpha value is -2.62. The lowest BCUT2D eigenvalue weighted by atomic mass is 10.2. The van der Waals surface area contributed by atoms with E-state index in [1.807, 2.05) is 0 Å². The normalized spacial score (nSPS) is 10.5. The van der Waals surface area contributed by atoms with E-state index in [1.165, 1.54) is 54.6 Å². The first-order valence-corrected chi connectivity index (χ1v) is 10.0. The van der Waals surface area contributed by atoms with E-state index in [9.17, 15) is 13.2 Å². The van der Waals surface area contributed by atoms with Crippen molar-refractivity contribution < 1.29 is 24.5 Å². The Kier molecular flexibility index (Phi) is 6.18. The molecule has 0 aliphatic carbocycles. The van der Waals surface area contributed by atoms with Crippen LogP contribution in [0, 0.1) is 38.2 Å². The zero-order valence-corrected chi connectivity index (χ0v) is 16.8. The maximum absolute atomic E-state index is 13.4. The molecule has 0 atom stereocenters. The summed E-state index contributed by atoms with van der Waals surface area (Å²) in [5.41, 5.74) is 1.74. The molecule has 0 unspecified atom stereocenters. The van der Waals surface area contributed by atoms with Gasteiger partial charge < -0.3 is 11.4 Å². The molecule has 0 aliphatic heterocycles. The first-order chi connectivity index (χ1) is 13.3. The van der Waals surface area contributed by atoms with Crippen molar-refractivity contribution in [2.75, 3.05) is 0 Å². The van der Waals surface area contributed by atoms with Crippen LogP contribution < -0.4 is 11.4 Å². The van der Waals surface area contributed by atoms with Gasteiger partial charge in [0.1, 0.15) is 17.5 Å². The number of hydrogen-bond donors (Lipinski definition) is 0. The van der Waals surface area contributed by atoms with Gasteiger partial charge in [-0.15, -0.1) is 0 Å². The van der Waals surface area contributed by atoms with Gasteiger partial charge in [0.25, 0.3) is 0 Å². The van der Waals surface area contributed by atoms with Crippen molar-refractivity contribution in [1.82, 2.24) is 0 Å². The average molecular weight is 402 g/mol. The van der Waals surface area contributed by atoms with E-state index in [1.54, 1.807) is 20.8 Å². The summed E-state index contributed by atoms with van der Waals surface area (Å²) in [5, 5.41) is 0. The second-order valence-corrected chi connectivity index (χ2v) is 7.66. The summed E-state index contributed by atoms with van der Waals surface area (Å²) < 4.78 is 57.9. The molecule has 3 aromatic carbocycles. The van der Waals surface area contributed by atoms with Crippen LogP contribution in [0.15, 0.2) is 54.6 Å². The SMILES string of the molecule is Cc1cc(F)ccc1[O][Al]([O]c1ccc(F)cc1C)[O]c1ccc(F)cc1C.